The Hall–Kier alpha value is -2.50. The van der Waals surface area contributed by atoms with E-state index in [-0.39, 0.29) is 17.6 Å². The van der Waals surface area contributed by atoms with E-state index in [1.54, 1.807) is 0 Å². The summed E-state index contributed by atoms with van der Waals surface area (Å²) in [4.78, 5) is 22.3. The Bertz CT molecular complexity index is 715. The lowest BCUT2D eigenvalue weighted by Crippen LogP contribution is -2.41. The number of halogens is 1. The van der Waals surface area contributed by atoms with Crippen LogP contribution >= 0.6 is 0 Å². The van der Waals surface area contributed by atoms with Gasteiger partial charge in [0, 0.05) is 25.6 Å². The summed E-state index contributed by atoms with van der Waals surface area (Å²) in [5.41, 5.74) is 1.52. The van der Waals surface area contributed by atoms with Crippen LogP contribution in [0.4, 0.5) is 10.2 Å². The Morgan fingerprint density at radius 2 is 1.96 bits per heavy atom. The topological polar surface area (TPSA) is 58.1 Å². The molecule has 132 valence electrons. The van der Waals surface area contributed by atoms with Crippen LogP contribution in [0.25, 0.3) is 0 Å². The van der Waals surface area contributed by atoms with Crippen LogP contribution in [0.5, 0.6) is 0 Å². The van der Waals surface area contributed by atoms with Crippen LogP contribution in [0.1, 0.15) is 31.0 Å². The van der Waals surface area contributed by atoms with Crippen molar-refractivity contribution in [3.05, 3.63) is 53.7 Å². The molecular weight excluding hydrogens is 319 g/mol. The second kappa shape index (κ2) is 8.05. The lowest BCUT2D eigenvalue weighted by Gasteiger charge is -2.32. The summed E-state index contributed by atoms with van der Waals surface area (Å²) < 4.78 is 14.4. The zero-order valence-corrected chi connectivity index (χ0v) is 14.4. The van der Waals surface area contributed by atoms with E-state index in [4.69, 9.17) is 0 Å². The van der Waals surface area contributed by atoms with Crippen LogP contribution in [0, 0.1) is 11.7 Å². The molecule has 1 aromatic heterocycles. The summed E-state index contributed by atoms with van der Waals surface area (Å²) in [6.07, 6.45) is 3.35. The molecule has 0 atom stereocenters. The van der Waals surface area contributed by atoms with Gasteiger partial charge in [0.1, 0.15) is 6.33 Å². The van der Waals surface area contributed by atoms with E-state index in [0.717, 1.165) is 5.56 Å². The van der Waals surface area contributed by atoms with Gasteiger partial charge in [0.15, 0.2) is 11.6 Å². The summed E-state index contributed by atoms with van der Waals surface area (Å²) in [5, 5.41) is 3.00. The highest BCUT2D eigenvalue weighted by Crippen LogP contribution is 2.25. The maximum Gasteiger partial charge on any atom is 0.223 e. The number of aryl methyl sites for hydroxylation is 1. The van der Waals surface area contributed by atoms with Gasteiger partial charge in [0.05, 0.1) is 5.69 Å². The standard InChI is InChI=1S/C19H23FN4O/c1-2-16-17(20)18(23-13-22-16)24-10-8-15(9-11-24)19(25)21-12-14-6-4-3-5-7-14/h3-7,13,15H,2,8-12H2,1H3,(H,21,25). The van der Waals surface area contributed by atoms with Crippen molar-refractivity contribution in [1.82, 2.24) is 15.3 Å². The van der Waals surface area contributed by atoms with Crippen molar-refractivity contribution in [2.24, 2.45) is 5.92 Å². The molecule has 0 unspecified atom stereocenters. The minimum absolute atomic E-state index is 0.0319. The first kappa shape index (κ1) is 17.3. The van der Waals surface area contributed by atoms with E-state index in [1.165, 1.54) is 6.33 Å². The molecule has 0 aliphatic carbocycles. The molecule has 1 aromatic carbocycles. The molecule has 0 radical (unpaired) electrons. The van der Waals surface area contributed by atoms with Crippen molar-refractivity contribution in [2.75, 3.05) is 18.0 Å². The highest BCUT2D eigenvalue weighted by molar-refractivity contribution is 5.79. The number of anilines is 1. The molecule has 2 aromatic rings. The SMILES string of the molecule is CCc1ncnc(N2CCC(C(=O)NCc3ccccc3)CC2)c1F. The van der Waals surface area contributed by atoms with E-state index in [9.17, 15) is 9.18 Å². The number of hydrogen-bond acceptors (Lipinski definition) is 4. The third-order valence-corrected chi connectivity index (χ3v) is 4.65. The van der Waals surface area contributed by atoms with Crippen molar-refractivity contribution in [2.45, 2.75) is 32.7 Å². The van der Waals surface area contributed by atoms with Gasteiger partial charge < -0.3 is 10.2 Å². The Morgan fingerprint density at radius 3 is 2.64 bits per heavy atom. The van der Waals surface area contributed by atoms with Crippen molar-refractivity contribution in [3.63, 3.8) is 0 Å². The zero-order valence-electron chi connectivity index (χ0n) is 14.4. The number of piperidine rings is 1. The highest BCUT2D eigenvalue weighted by Gasteiger charge is 2.27. The fourth-order valence-electron chi connectivity index (χ4n) is 3.15. The second-order valence-electron chi connectivity index (χ2n) is 6.28. The second-order valence-corrected chi connectivity index (χ2v) is 6.28. The molecule has 0 saturated carbocycles. The van der Waals surface area contributed by atoms with Crippen molar-refractivity contribution >= 4 is 11.7 Å². The van der Waals surface area contributed by atoms with E-state index >= 15 is 0 Å². The van der Waals surface area contributed by atoms with Gasteiger partial charge >= 0.3 is 0 Å². The predicted molar refractivity (Wildman–Crippen MR) is 94.6 cm³/mol. The number of amides is 1. The first-order chi connectivity index (χ1) is 12.2. The number of benzene rings is 1. The monoisotopic (exact) mass is 342 g/mol. The van der Waals surface area contributed by atoms with E-state index in [1.807, 2.05) is 42.2 Å². The molecule has 1 N–H and O–H groups in total. The quantitative estimate of drug-likeness (QED) is 0.908. The Labute approximate surface area is 147 Å². The third-order valence-electron chi connectivity index (χ3n) is 4.65. The molecule has 0 spiro atoms. The number of hydrogen-bond donors (Lipinski definition) is 1. The van der Waals surface area contributed by atoms with Crippen LogP contribution < -0.4 is 10.2 Å². The Balaban J connectivity index is 1.54. The number of nitrogens with zero attached hydrogens (tertiary/aromatic N) is 3. The lowest BCUT2D eigenvalue weighted by molar-refractivity contribution is -0.125. The Morgan fingerprint density at radius 1 is 1.24 bits per heavy atom. The summed E-state index contributed by atoms with van der Waals surface area (Å²) in [5.74, 6) is 0.0587. The molecule has 1 aliphatic rings. The van der Waals surface area contributed by atoms with Crippen molar-refractivity contribution < 1.29 is 9.18 Å². The summed E-state index contributed by atoms with van der Waals surface area (Å²) in [7, 11) is 0. The van der Waals surface area contributed by atoms with Gasteiger partial charge in [-0.15, -0.1) is 0 Å². The minimum Gasteiger partial charge on any atom is -0.354 e. The largest absolute Gasteiger partial charge is 0.354 e. The molecule has 1 saturated heterocycles. The number of rotatable bonds is 5. The maximum atomic E-state index is 14.4. The maximum absolute atomic E-state index is 14.4. The molecular formula is C19H23FN4O. The lowest BCUT2D eigenvalue weighted by atomic mass is 9.95. The molecule has 1 aliphatic heterocycles. The van der Waals surface area contributed by atoms with Gasteiger partial charge in [-0.05, 0) is 24.8 Å². The number of carbonyl (C=O) groups excluding carboxylic acids is 1. The molecule has 5 nitrogen and oxygen atoms in total. The van der Waals surface area contributed by atoms with Gasteiger partial charge in [-0.1, -0.05) is 37.3 Å². The van der Waals surface area contributed by atoms with Gasteiger partial charge in [0.25, 0.3) is 0 Å². The van der Waals surface area contributed by atoms with E-state index in [0.29, 0.717) is 50.4 Å². The first-order valence-corrected chi connectivity index (χ1v) is 8.75. The molecule has 1 fully saturated rings. The number of aromatic nitrogens is 2. The first-order valence-electron chi connectivity index (χ1n) is 8.75. The van der Waals surface area contributed by atoms with Crippen molar-refractivity contribution in [1.29, 1.82) is 0 Å². The normalized spacial score (nSPS) is 15.2. The predicted octanol–water partition coefficient (Wildman–Crippen LogP) is 2.71. The Kier molecular flexibility index (Phi) is 5.58. The summed E-state index contributed by atoms with van der Waals surface area (Å²) in [6, 6.07) is 9.86. The van der Waals surface area contributed by atoms with Gasteiger partial charge in [-0.3, -0.25) is 4.79 Å². The zero-order chi connectivity index (χ0) is 17.6. The van der Waals surface area contributed by atoms with Crippen molar-refractivity contribution in [3.8, 4) is 0 Å². The fraction of sp³-hybridized carbons (Fsp3) is 0.421. The minimum atomic E-state index is -0.336. The van der Waals surface area contributed by atoms with Crippen LogP contribution in [0.3, 0.4) is 0 Å². The third kappa shape index (κ3) is 4.13. The molecule has 2 heterocycles. The average Bonchev–Trinajstić information content (AvgIpc) is 2.67. The molecule has 0 bridgehead atoms. The smallest absolute Gasteiger partial charge is 0.223 e. The molecule has 3 rings (SSSR count). The highest BCUT2D eigenvalue weighted by atomic mass is 19.1. The number of carbonyl (C=O) groups is 1. The molecule has 1 amide bonds. The summed E-state index contributed by atoms with van der Waals surface area (Å²) >= 11 is 0. The van der Waals surface area contributed by atoms with Gasteiger partial charge in [-0.2, -0.15) is 0 Å². The number of nitrogens with one attached hydrogen (secondary N) is 1. The van der Waals surface area contributed by atoms with Crippen LogP contribution in [0.2, 0.25) is 0 Å². The van der Waals surface area contributed by atoms with Crippen LogP contribution in [-0.4, -0.2) is 29.0 Å². The van der Waals surface area contributed by atoms with Gasteiger partial charge in [0.2, 0.25) is 5.91 Å². The van der Waals surface area contributed by atoms with Crippen LogP contribution in [0.15, 0.2) is 36.7 Å². The van der Waals surface area contributed by atoms with Gasteiger partial charge in [-0.25, -0.2) is 14.4 Å². The van der Waals surface area contributed by atoms with E-state index < -0.39 is 0 Å². The molecule has 25 heavy (non-hydrogen) atoms. The fourth-order valence-corrected chi connectivity index (χ4v) is 3.15. The van der Waals surface area contributed by atoms with E-state index in [2.05, 4.69) is 15.3 Å². The summed E-state index contributed by atoms with van der Waals surface area (Å²) in [6.45, 7) is 3.67. The average molecular weight is 342 g/mol. The van der Waals surface area contributed by atoms with Crippen LogP contribution in [-0.2, 0) is 17.8 Å². The molecule has 6 heteroatoms.